The number of hydrogen-bond donors (Lipinski definition) is 1. The van der Waals surface area contributed by atoms with Crippen LogP contribution in [0.5, 0.6) is 0 Å². The van der Waals surface area contributed by atoms with Crippen molar-refractivity contribution in [3.05, 3.63) is 62.3 Å². The lowest BCUT2D eigenvalue weighted by molar-refractivity contribution is 0.851. The zero-order valence-electron chi connectivity index (χ0n) is 16.4. The van der Waals surface area contributed by atoms with Gasteiger partial charge in [0.05, 0.1) is 10.6 Å². The number of aromatic amines is 1. The van der Waals surface area contributed by atoms with Gasteiger partial charge in [-0.25, -0.2) is 4.98 Å². The third-order valence-corrected chi connectivity index (χ3v) is 6.96. The molecule has 1 atom stereocenters. The normalized spacial score (nSPS) is 12.6. The fraction of sp³-hybridized carbons (Fsp3) is 0.300. The molecule has 4 aromatic rings. The molecule has 3 heterocycles. The van der Waals surface area contributed by atoms with Gasteiger partial charge in [-0.3, -0.25) is 9.36 Å². The minimum atomic E-state index is -0.0783. The summed E-state index contributed by atoms with van der Waals surface area (Å²) in [4.78, 5) is 22.2. The molecule has 4 rings (SSSR count). The Kier molecular flexibility index (Phi) is 4.84. The second kappa shape index (κ2) is 7.18. The van der Waals surface area contributed by atoms with E-state index < -0.39 is 0 Å². The minimum Gasteiger partial charge on any atom is -0.309 e. The Bertz CT molecular complexity index is 1220. The Labute approximate surface area is 171 Å². The Morgan fingerprint density at radius 1 is 1.11 bits per heavy atom. The number of fused-ring (bicyclic) bond motifs is 1. The number of aromatic nitrogens is 5. The fourth-order valence-electron chi connectivity index (χ4n) is 3.09. The molecule has 1 unspecified atom stereocenters. The monoisotopic (exact) mass is 411 g/mol. The number of H-pyrrole nitrogens is 1. The van der Waals surface area contributed by atoms with Crippen LogP contribution in [-0.4, -0.2) is 24.7 Å². The van der Waals surface area contributed by atoms with Crippen LogP contribution in [-0.2, 0) is 0 Å². The third kappa shape index (κ3) is 3.27. The van der Waals surface area contributed by atoms with E-state index in [0.29, 0.717) is 11.2 Å². The van der Waals surface area contributed by atoms with Crippen molar-refractivity contribution in [3.8, 4) is 5.69 Å². The van der Waals surface area contributed by atoms with E-state index in [1.165, 1.54) is 17.3 Å². The smallest absolute Gasteiger partial charge is 0.259 e. The van der Waals surface area contributed by atoms with E-state index in [2.05, 4.69) is 46.4 Å². The lowest BCUT2D eigenvalue weighted by Crippen LogP contribution is -2.12. The maximum atomic E-state index is 12.6. The van der Waals surface area contributed by atoms with Gasteiger partial charge in [-0.2, -0.15) is 0 Å². The quantitative estimate of drug-likeness (QED) is 0.495. The van der Waals surface area contributed by atoms with E-state index in [0.717, 1.165) is 31.9 Å². The van der Waals surface area contributed by atoms with Crippen molar-refractivity contribution < 1.29 is 0 Å². The van der Waals surface area contributed by atoms with Gasteiger partial charge in [0.1, 0.15) is 16.5 Å². The topological polar surface area (TPSA) is 76.5 Å². The summed E-state index contributed by atoms with van der Waals surface area (Å²) in [7, 11) is 0. The highest BCUT2D eigenvalue weighted by atomic mass is 32.2. The second-order valence-corrected chi connectivity index (χ2v) is 9.39. The summed E-state index contributed by atoms with van der Waals surface area (Å²) in [5.74, 6) is 1.47. The Morgan fingerprint density at radius 2 is 1.82 bits per heavy atom. The van der Waals surface area contributed by atoms with E-state index in [-0.39, 0.29) is 10.8 Å². The summed E-state index contributed by atoms with van der Waals surface area (Å²) < 4.78 is 2.02. The summed E-state index contributed by atoms with van der Waals surface area (Å²) >= 11 is 3.10. The first-order valence-corrected chi connectivity index (χ1v) is 10.7. The molecule has 0 radical (unpaired) electrons. The number of nitrogens with zero attached hydrogens (tertiary/aromatic N) is 4. The second-order valence-electron chi connectivity index (χ2n) is 6.88. The molecule has 6 nitrogen and oxygen atoms in total. The number of thiophene rings is 1. The molecule has 0 spiro atoms. The van der Waals surface area contributed by atoms with E-state index >= 15 is 0 Å². The summed E-state index contributed by atoms with van der Waals surface area (Å²) in [6.45, 7) is 10.0. The van der Waals surface area contributed by atoms with Crippen LogP contribution in [0.3, 0.4) is 0 Å². The van der Waals surface area contributed by atoms with Crippen molar-refractivity contribution in [1.29, 1.82) is 0 Å². The molecule has 1 aromatic carbocycles. The molecule has 144 valence electrons. The molecule has 0 saturated carbocycles. The summed E-state index contributed by atoms with van der Waals surface area (Å²) in [6.07, 6.45) is 0. The lowest BCUT2D eigenvalue weighted by atomic mass is 10.2. The average molecular weight is 412 g/mol. The first kappa shape index (κ1) is 18.9. The van der Waals surface area contributed by atoms with E-state index in [1.807, 2.05) is 32.3 Å². The zero-order chi connectivity index (χ0) is 20.0. The SMILES string of the molecule is Cc1ccc(-n2c(C)nnc2SC(C)c2nc3sc(C)c(C)c3c(=O)[nH]2)cc1. The van der Waals surface area contributed by atoms with Crippen LogP contribution < -0.4 is 5.56 Å². The molecule has 0 aliphatic heterocycles. The molecular weight excluding hydrogens is 390 g/mol. The van der Waals surface area contributed by atoms with E-state index in [9.17, 15) is 4.79 Å². The molecule has 3 aromatic heterocycles. The Hall–Kier alpha value is -2.45. The van der Waals surface area contributed by atoms with Gasteiger partial charge in [-0.1, -0.05) is 29.5 Å². The van der Waals surface area contributed by atoms with Gasteiger partial charge in [0.15, 0.2) is 5.16 Å². The Morgan fingerprint density at radius 3 is 2.54 bits per heavy atom. The molecular formula is C20H21N5OS2. The Balaban J connectivity index is 1.70. The lowest BCUT2D eigenvalue weighted by Gasteiger charge is -2.12. The van der Waals surface area contributed by atoms with Crippen LogP contribution in [0.1, 0.15) is 39.8 Å². The number of hydrogen-bond acceptors (Lipinski definition) is 6. The van der Waals surface area contributed by atoms with Crippen LogP contribution in [0.25, 0.3) is 15.9 Å². The average Bonchev–Trinajstić information content (AvgIpc) is 3.15. The summed E-state index contributed by atoms with van der Waals surface area (Å²) in [5, 5.41) is 9.98. The third-order valence-electron chi connectivity index (χ3n) is 4.81. The van der Waals surface area contributed by atoms with Crippen LogP contribution in [0.15, 0.2) is 34.2 Å². The zero-order valence-corrected chi connectivity index (χ0v) is 18.0. The largest absolute Gasteiger partial charge is 0.309 e. The molecule has 0 fully saturated rings. The van der Waals surface area contributed by atoms with Gasteiger partial charge in [-0.05, 0) is 52.3 Å². The van der Waals surface area contributed by atoms with Crippen molar-refractivity contribution >= 4 is 33.3 Å². The van der Waals surface area contributed by atoms with Crippen LogP contribution in [0, 0.1) is 27.7 Å². The van der Waals surface area contributed by atoms with Crippen LogP contribution in [0.2, 0.25) is 0 Å². The number of aryl methyl sites for hydroxylation is 4. The fourth-order valence-corrected chi connectivity index (χ4v) is 5.10. The van der Waals surface area contributed by atoms with Crippen LogP contribution in [0.4, 0.5) is 0 Å². The highest BCUT2D eigenvalue weighted by Gasteiger charge is 2.20. The maximum absolute atomic E-state index is 12.6. The molecule has 0 amide bonds. The highest BCUT2D eigenvalue weighted by Crippen LogP contribution is 2.35. The summed E-state index contributed by atoms with van der Waals surface area (Å²) in [5.41, 5.74) is 3.15. The molecule has 0 aliphatic rings. The number of rotatable bonds is 4. The van der Waals surface area contributed by atoms with Gasteiger partial charge < -0.3 is 4.98 Å². The van der Waals surface area contributed by atoms with Crippen molar-refractivity contribution in [2.75, 3.05) is 0 Å². The first-order valence-electron chi connectivity index (χ1n) is 9.00. The first-order chi connectivity index (χ1) is 13.3. The molecule has 8 heteroatoms. The predicted octanol–water partition coefficient (Wildman–Crippen LogP) is 4.65. The van der Waals surface area contributed by atoms with Crippen molar-refractivity contribution in [2.24, 2.45) is 0 Å². The molecule has 28 heavy (non-hydrogen) atoms. The van der Waals surface area contributed by atoms with Gasteiger partial charge in [0.25, 0.3) is 5.56 Å². The molecule has 0 bridgehead atoms. The minimum absolute atomic E-state index is 0.0763. The molecule has 0 aliphatic carbocycles. The molecule has 1 N–H and O–H groups in total. The van der Waals surface area contributed by atoms with Crippen LogP contribution >= 0.6 is 23.1 Å². The number of benzene rings is 1. The van der Waals surface area contributed by atoms with Gasteiger partial charge in [0, 0.05) is 10.6 Å². The number of nitrogens with one attached hydrogen (secondary N) is 1. The van der Waals surface area contributed by atoms with Crippen molar-refractivity contribution in [2.45, 2.75) is 45.0 Å². The van der Waals surface area contributed by atoms with E-state index in [4.69, 9.17) is 4.98 Å². The summed E-state index contributed by atoms with van der Waals surface area (Å²) in [6, 6.07) is 8.26. The van der Waals surface area contributed by atoms with Gasteiger partial charge in [0.2, 0.25) is 0 Å². The molecule has 0 saturated heterocycles. The van der Waals surface area contributed by atoms with Crippen molar-refractivity contribution in [3.63, 3.8) is 0 Å². The van der Waals surface area contributed by atoms with Gasteiger partial charge >= 0.3 is 0 Å². The van der Waals surface area contributed by atoms with Gasteiger partial charge in [-0.15, -0.1) is 21.5 Å². The standard InChI is InChI=1S/C20H21N5OS2/c1-10-6-8-15(9-7-10)25-14(5)23-24-20(25)28-13(4)17-21-18(26)16-11(2)12(3)27-19(16)22-17/h6-9,13H,1-5H3,(H,21,22,26). The highest BCUT2D eigenvalue weighted by molar-refractivity contribution is 7.99. The predicted molar refractivity (Wildman–Crippen MR) is 115 cm³/mol. The van der Waals surface area contributed by atoms with E-state index in [1.54, 1.807) is 11.3 Å². The maximum Gasteiger partial charge on any atom is 0.259 e. The number of thioether (sulfide) groups is 1. The van der Waals surface area contributed by atoms with Crippen molar-refractivity contribution in [1.82, 2.24) is 24.7 Å².